The Morgan fingerprint density at radius 2 is 1.95 bits per heavy atom. The lowest BCUT2D eigenvalue weighted by atomic mass is 10.1. The van der Waals surface area contributed by atoms with E-state index in [1.54, 1.807) is 6.20 Å². The van der Waals surface area contributed by atoms with Crippen LogP contribution in [0.25, 0.3) is 0 Å². The molecule has 6 nitrogen and oxygen atoms in total. The first-order valence-electron chi connectivity index (χ1n) is 7.52. The van der Waals surface area contributed by atoms with Crippen LogP contribution in [-0.4, -0.2) is 47.3 Å². The minimum Gasteiger partial charge on any atom is -0.365 e. The summed E-state index contributed by atoms with van der Waals surface area (Å²) >= 11 is 0. The first kappa shape index (κ1) is 16.2. The van der Waals surface area contributed by atoms with Crippen LogP contribution >= 0.6 is 0 Å². The Balaban J connectivity index is 1.85. The molecule has 2 aromatic rings. The van der Waals surface area contributed by atoms with Gasteiger partial charge in [0.25, 0.3) is 0 Å². The fourth-order valence-corrected chi connectivity index (χ4v) is 2.05. The van der Waals surface area contributed by atoms with E-state index in [4.69, 9.17) is 0 Å². The van der Waals surface area contributed by atoms with Gasteiger partial charge in [0.15, 0.2) is 5.82 Å². The van der Waals surface area contributed by atoms with Crippen LogP contribution in [0, 0.1) is 6.92 Å². The highest BCUT2D eigenvalue weighted by molar-refractivity contribution is 5.38. The minimum atomic E-state index is 0.563. The summed E-state index contributed by atoms with van der Waals surface area (Å²) in [6.45, 7) is 4.70. The molecule has 0 unspecified atom stereocenters. The fraction of sp³-hybridized carbons (Fsp3) is 0.438. The number of rotatable bonds is 8. The predicted molar refractivity (Wildman–Crippen MR) is 90.0 cm³/mol. The molecule has 2 N–H and O–H groups in total. The van der Waals surface area contributed by atoms with Gasteiger partial charge in [0.2, 0.25) is 5.95 Å². The molecule has 0 aliphatic heterocycles. The zero-order valence-electron chi connectivity index (χ0n) is 13.5. The van der Waals surface area contributed by atoms with Crippen LogP contribution in [0.5, 0.6) is 0 Å². The summed E-state index contributed by atoms with van der Waals surface area (Å²) in [5, 5.41) is 14.5. The topological polar surface area (TPSA) is 66.0 Å². The number of hydrogen-bond acceptors (Lipinski definition) is 6. The average Bonchev–Trinajstić information content (AvgIpc) is 2.51. The van der Waals surface area contributed by atoms with Crippen molar-refractivity contribution >= 4 is 11.8 Å². The summed E-state index contributed by atoms with van der Waals surface area (Å²) in [4.78, 5) is 6.58. The smallest absolute Gasteiger partial charge is 0.244 e. The van der Waals surface area contributed by atoms with Crippen molar-refractivity contribution in [3.8, 4) is 0 Å². The van der Waals surface area contributed by atoms with Gasteiger partial charge in [-0.25, -0.2) is 0 Å². The molecule has 0 spiro atoms. The van der Waals surface area contributed by atoms with Crippen molar-refractivity contribution in [2.24, 2.45) is 0 Å². The summed E-state index contributed by atoms with van der Waals surface area (Å²) in [7, 11) is 4.13. The third kappa shape index (κ3) is 5.29. The first-order valence-corrected chi connectivity index (χ1v) is 7.52. The van der Waals surface area contributed by atoms with E-state index in [9.17, 15) is 0 Å². The molecule has 1 aromatic carbocycles. The van der Waals surface area contributed by atoms with E-state index in [1.165, 1.54) is 11.1 Å². The van der Waals surface area contributed by atoms with Gasteiger partial charge < -0.3 is 15.5 Å². The molecule has 0 fully saturated rings. The number of aryl methyl sites for hydroxylation is 1. The molecule has 0 aliphatic carbocycles. The van der Waals surface area contributed by atoms with Gasteiger partial charge in [0.1, 0.15) is 0 Å². The minimum absolute atomic E-state index is 0.563. The lowest BCUT2D eigenvalue weighted by molar-refractivity contribution is 0.405. The largest absolute Gasteiger partial charge is 0.365 e. The van der Waals surface area contributed by atoms with Crippen LogP contribution in [0.15, 0.2) is 30.5 Å². The Hall–Kier alpha value is -2.21. The number of benzene rings is 1. The Bertz CT molecular complexity index is 584. The highest BCUT2D eigenvalue weighted by Crippen LogP contribution is 2.10. The summed E-state index contributed by atoms with van der Waals surface area (Å²) in [6, 6.07) is 8.30. The maximum absolute atomic E-state index is 4.42. The Labute approximate surface area is 132 Å². The molecule has 0 amide bonds. The Kier molecular flexibility index (Phi) is 6.09. The van der Waals surface area contributed by atoms with Crippen molar-refractivity contribution in [2.45, 2.75) is 19.9 Å². The van der Waals surface area contributed by atoms with Crippen LogP contribution in [0.1, 0.15) is 17.5 Å². The summed E-state index contributed by atoms with van der Waals surface area (Å²) in [5.41, 5.74) is 2.51. The molecule has 0 aliphatic rings. The number of aromatic nitrogens is 3. The van der Waals surface area contributed by atoms with E-state index in [0.717, 1.165) is 31.9 Å². The third-order valence-corrected chi connectivity index (χ3v) is 3.35. The number of nitrogens with zero attached hydrogens (tertiary/aromatic N) is 4. The molecule has 0 bridgehead atoms. The van der Waals surface area contributed by atoms with Crippen molar-refractivity contribution in [3.05, 3.63) is 41.6 Å². The molecule has 22 heavy (non-hydrogen) atoms. The first-order chi connectivity index (χ1) is 10.6. The van der Waals surface area contributed by atoms with Gasteiger partial charge in [-0.1, -0.05) is 24.3 Å². The average molecular weight is 300 g/mol. The van der Waals surface area contributed by atoms with Crippen molar-refractivity contribution in [3.63, 3.8) is 0 Å². The molecule has 6 heteroatoms. The summed E-state index contributed by atoms with van der Waals surface area (Å²) in [6.07, 6.45) is 2.68. The lowest BCUT2D eigenvalue weighted by Gasteiger charge is -2.11. The Morgan fingerprint density at radius 3 is 2.73 bits per heavy atom. The zero-order chi connectivity index (χ0) is 15.8. The maximum atomic E-state index is 4.42. The lowest BCUT2D eigenvalue weighted by Crippen LogP contribution is -2.17. The molecule has 0 saturated carbocycles. The number of anilines is 2. The molecule has 1 aromatic heterocycles. The van der Waals surface area contributed by atoms with Crippen LogP contribution in [0.2, 0.25) is 0 Å². The van der Waals surface area contributed by atoms with Gasteiger partial charge in [-0.3, -0.25) is 0 Å². The highest BCUT2D eigenvalue weighted by Gasteiger charge is 2.02. The number of hydrogen-bond donors (Lipinski definition) is 2. The van der Waals surface area contributed by atoms with Crippen LogP contribution in [0.4, 0.5) is 11.8 Å². The van der Waals surface area contributed by atoms with Crippen molar-refractivity contribution in [1.82, 2.24) is 20.1 Å². The van der Waals surface area contributed by atoms with Crippen molar-refractivity contribution < 1.29 is 0 Å². The predicted octanol–water partition coefficient (Wildman–Crippen LogP) is 2.16. The molecule has 0 saturated heterocycles. The van der Waals surface area contributed by atoms with E-state index in [0.29, 0.717) is 5.95 Å². The third-order valence-electron chi connectivity index (χ3n) is 3.35. The van der Waals surface area contributed by atoms with Gasteiger partial charge in [-0.15, -0.1) is 5.10 Å². The molecular weight excluding hydrogens is 276 g/mol. The highest BCUT2D eigenvalue weighted by atomic mass is 15.3. The van der Waals surface area contributed by atoms with Gasteiger partial charge >= 0.3 is 0 Å². The molecular formula is C16H24N6. The quantitative estimate of drug-likeness (QED) is 0.728. The molecule has 0 atom stereocenters. The zero-order valence-corrected chi connectivity index (χ0v) is 13.5. The second-order valence-corrected chi connectivity index (χ2v) is 5.53. The molecule has 2 rings (SSSR count). The van der Waals surface area contributed by atoms with E-state index in [2.05, 4.69) is 63.9 Å². The molecule has 1 heterocycles. The summed E-state index contributed by atoms with van der Waals surface area (Å²) in [5.74, 6) is 1.29. The van der Waals surface area contributed by atoms with E-state index in [-0.39, 0.29) is 0 Å². The van der Waals surface area contributed by atoms with Gasteiger partial charge in [0, 0.05) is 13.1 Å². The van der Waals surface area contributed by atoms with Gasteiger partial charge in [-0.2, -0.15) is 10.1 Å². The van der Waals surface area contributed by atoms with Gasteiger partial charge in [0.05, 0.1) is 6.20 Å². The van der Waals surface area contributed by atoms with Crippen LogP contribution < -0.4 is 10.6 Å². The van der Waals surface area contributed by atoms with E-state index >= 15 is 0 Å². The SMILES string of the molecule is Cc1ccccc1CNc1cnnc(NCCCN(C)C)n1. The van der Waals surface area contributed by atoms with Crippen LogP contribution in [-0.2, 0) is 6.54 Å². The van der Waals surface area contributed by atoms with Crippen LogP contribution in [0.3, 0.4) is 0 Å². The monoisotopic (exact) mass is 300 g/mol. The molecule has 0 radical (unpaired) electrons. The van der Waals surface area contributed by atoms with E-state index in [1.807, 2.05) is 12.1 Å². The maximum Gasteiger partial charge on any atom is 0.244 e. The normalized spacial score (nSPS) is 10.7. The Morgan fingerprint density at radius 1 is 1.14 bits per heavy atom. The van der Waals surface area contributed by atoms with E-state index < -0.39 is 0 Å². The van der Waals surface area contributed by atoms with Gasteiger partial charge in [-0.05, 0) is 45.1 Å². The number of nitrogens with one attached hydrogen (secondary N) is 2. The molecule has 118 valence electrons. The fourth-order valence-electron chi connectivity index (χ4n) is 2.05. The second-order valence-electron chi connectivity index (χ2n) is 5.53. The van der Waals surface area contributed by atoms with Crippen molar-refractivity contribution in [2.75, 3.05) is 37.8 Å². The summed E-state index contributed by atoms with van der Waals surface area (Å²) < 4.78 is 0. The standard InChI is InChI=1S/C16H24N6/c1-13-7-4-5-8-14(13)11-18-15-12-19-21-16(20-15)17-9-6-10-22(2)3/h4-5,7-8,12H,6,9-11H2,1-3H3,(H2,17,18,20,21). The second kappa shape index (κ2) is 8.29. The van der Waals surface area contributed by atoms with Crippen molar-refractivity contribution in [1.29, 1.82) is 0 Å².